The molecule has 4 aliphatic carbocycles. The van der Waals surface area contributed by atoms with E-state index < -0.39 is 0 Å². The predicted molar refractivity (Wildman–Crippen MR) is 177 cm³/mol. The van der Waals surface area contributed by atoms with Crippen LogP contribution >= 0.6 is 46.4 Å². The van der Waals surface area contributed by atoms with Crippen LogP contribution in [0.4, 0.5) is 0 Å². The molecule has 12 atom stereocenters. The fourth-order valence-electron chi connectivity index (χ4n) is 12.0. The second-order valence-electron chi connectivity index (χ2n) is 15.9. The molecule has 0 radical (unpaired) electrons. The summed E-state index contributed by atoms with van der Waals surface area (Å²) in [7, 11) is 0. The summed E-state index contributed by atoms with van der Waals surface area (Å²) >= 11 is 28.8. The summed E-state index contributed by atoms with van der Waals surface area (Å²) in [6.45, 7) is 0. The third-order valence-corrected chi connectivity index (χ3v) is 15.9. The molecule has 12 unspecified atom stereocenters. The number of hydrogen-bond donors (Lipinski definition) is 8. The van der Waals surface area contributed by atoms with Gasteiger partial charge in [-0.25, -0.2) is 0 Å². The molecule has 12 heteroatoms. The Morgan fingerprint density at radius 3 is 0.682 bits per heavy atom. The molecule has 5 aliphatic heterocycles. The van der Waals surface area contributed by atoms with Crippen LogP contribution in [0.2, 0.25) is 0 Å². The van der Waals surface area contributed by atoms with E-state index in [1.807, 2.05) is 0 Å². The zero-order valence-electron chi connectivity index (χ0n) is 25.5. The maximum Gasteiger partial charge on any atom is 0.0642 e. The summed E-state index contributed by atoms with van der Waals surface area (Å²) in [5.74, 6) is 3.47. The molecule has 0 aromatic carbocycles. The molecular weight excluding hydrogens is 638 g/mol. The minimum Gasteiger partial charge on any atom is -0.286 e. The first kappa shape index (κ1) is 30.9. The molecule has 0 amide bonds. The molecule has 248 valence electrons. The van der Waals surface area contributed by atoms with Crippen molar-refractivity contribution in [1.82, 2.24) is 42.5 Å². The maximum absolute atomic E-state index is 7.20. The van der Waals surface area contributed by atoms with Gasteiger partial charge in [0.1, 0.15) is 0 Å². The van der Waals surface area contributed by atoms with E-state index in [4.69, 9.17) is 46.4 Å². The van der Waals surface area contributed by atoms with Crippen LogP contribution in [-0.4, -0.2) is 70.8 Å². The second kappa shape index (κ2) is 12.3. The standard InChI is InChI=1S/C32H52Cl4N8/c33-17-9-1-5-13-21(17)29-37-25(13)41-30-22-14(6-2-10-18(22)34)27(38-30)43-32-24-16(8-4-12-20(24)36)28(40-32)44-31-23-15(26(39-31)42-29)7-3-11-19(23)35/h13-32,37-44H,1-12H2. The zero-order valence-corrected chi connectivity index (χ0v) is 28.6. The van der Waals surface area contributed by atoms with Gasteiger partial charge in [-0.15, -0.1) is 46.4 Å². The molecule has 9 aliphatic rings. The van der Waals surface area contributed by atoms with Crippen molar-refractivity contribution in [2.24, 2.45) is 47.3 Å². The molecule has 8 nitrogen and oxygen atoms in total. The summed E-state index contributed by atoms with van der Waals surface area (Å²) in [5, 5.41) is 33.5. The van der Waals surface area contributed by atoms with Gasteiger partial charge in [-0.1, -0.05) is 25.7 Å². The quantitative estimate of drug-likeness (QED) is 0.184. The first-order valence-corrected chi connectivity index (χ1v) is 19.8. The van der Waals surface area contributed by atoms with Gasteiger partial charge in [-0.05, 0) is 75.0 Å². The summed E-state index contributed by atoms with van der Waals surface area (Å²) in [4.78, 5) is 0. The Bertz CT molecular complexity index is 900. The Labute approximate surface area is 283 Å². The van der Waals surface area contributed by atoms with Gasteiger partial charge in [-0.2, -0.15) is 0 Å². The number of halogens is 4. The smallest absolute Gasteiger partial charge is 0.0642 e. The van der Waals surface area contributed by atoms with Crippen molar-refractivity contribution in [3.63, 3.8) is 0 Å². The monoisotopic (exact) mass is 688 g/mol. The fourth-order valence-corrected chi connectivity index (χ4v) is 13.9. The van der Waals surface area contributed by atoms with Crippen LogP contribution in [0.1, 0.15) is 77.0 Å². The second-order valence-corrected chi connectivity index (χ2v) is 18.1. The third-order valence-electron chi connectivity index (χ3n) is 13.8. The highest BCUT2D eigenvalue weighted by atomic mass is 35.5. The van der Waals surface area contributed by atoms with Crippen LogP contribution in [0, 0.1) is 47.3 Å². The zero-order chi connectivity index (χ0) is 29.7. The van der Waals surface area contributed by atoms with Crippen LogP contribution in [0.15, 0.2) is 0 Å². The van der Waals surface area contributed by atoms with Crippen LogP contribution in [-0.2, 0) is 0 Å². The van der Waals surface area contributed by atoms with Crippen LogP contribution in [0.25, 0.3) is 0 Å². The summed E-state index contributed by atoms with van der Waals surface area (Å²) in [5.41, 5.74) is 0. The normalized spacial score (nSPS) is 60.3. The predicted octanol–water partition coefficient (Wildman–Crippen LogP) is 3.47. The van der Waals surface area contributed by atoms with Crippen molar-refractivity contribution < 1.29 is 0 Å². The number of nitrogens with one attached hydrogen (secondary N) is 8. The largest absolute Gasteiger partial charge is 0.286 e. The van der Waals surface area contributed by atoms with Gasteiger partial charge >= 0.3 is 0 Å². The molecular formula is C32H52Cl4N8. The van der Waals surface area contributed by atoms with Gasteiger partial charge in [0.25, 0.3) is 0 Å². The van der Waals surface area contributed by atoms with E-state index >= 15 is 0 Å². The van der Waals surface area contributed by atoms with E-state index in [2.05, 4.69) is 42.5 Å². The molecule has 8 bridgehead atoms. The van der Waals surface area contributed by atoms with Crippen molar-refractivity contribution in [3.8, 4) is 0 Å². The van der Waals surface area contributed by atoms with Crippen LogP contribution < -0.4 is 42.5 Å². The summed E-state index contributed by atoms with van der Waals surface area (Å²) < 4.78 is 0. The van der Waals surface area contributed by atoms with Gasteiger partial charge in [0.05, 0.1) is 49.3 Å². The number of fused-ring (bicyclic) bond motifs is 20. The number of hydrogen-bond acceptors (Lipinski definition) is 8. The average Bonchev–Trinajstić information content (AvgIpc) is 3.74. The molecule has 0 aromatic rings. The van der Waals surface area contributed by atoms with Crippen molar-refractivity contribution in [2.45, 2.75) is 148 Å². The van der Waals surface area contributed by atoms with Crippen molar-refractivity contribution in [1.29, 1.82) is 0 Å². The maximum atomic E-state index is 7.20. The van der Waals surface area contributed by atoms with Crippen LogP contribution in [0.5, 0.6) is 0 Å². The van der Waals surface area contributed by atoms with E-state index in [1.54, 1.807) is 0 Å². The Kier molecular flexibility index (Phi) is 8.64. The lowest BCUT2D eigenvalue weighted by atomic mass is 9.76. The van der Waals surface area contributed by atoms with Crippen molar-refractivity contribution in [2.75, 3.05) is 0 Å². The molecule has 4 saturated carbocycles. The molecule has 9 fully saturated rings. The molecule has 44 heavy (non-hydrogen) atoms. The topological polar surface area (TPSA) is 96.2 Å². The van der Waals surface area contributed by atoms with E-state index in [1.165, 1.54) is 51.4 Å². The first-order valence-electron chi connectivity index (χ1n) is 18.1. The minimum atomic E-state index is 0.152. The van der Waals surface area contributed by atoms with E-state index in [0.717, 1.165) is 25.7 Å². The van der Waals surface area contributed by atoms with Gasteiger partial charge in [-0.3, -0.25) is 42.5 Å². The van der Waals surface area contributed by atoms with E-state index in [0.29, 0.717) is 47.3 Å². The lowest BCUT2D eigenvalue weighted by Gasteiger charge is -2.38. The van der Waals surface area contributed by atoms with Crippen LogP contribution in [0.3, 0.4) is 0 Å². The molecule has 0 aromatic heterocycles. The Morgan fingerprint density at radius 2 is 0.477 bits per heavy atom. The Balaban J connectivity index is 1.08. The number of alkyl halides is 4. The Morgan fingerprint density at radius 1 is 0.273 bits per heavy atom. The highest BCUT2D eigenvalue weighted by Crippen LogP contribution is 2.48. The van der Waals surface area contributed by atoms with E-state index in [-0.39, 0.29) is 70.8 Å². The minimum absolute atomic E-state index is 0.152. The SMILES string of the molecule is ClC1CCCC2C3NC(NC4NC(NC5NC(NC6NC(N3)C3C(Cl)CCCC63)C3C(Cl)CCCC53)C3C(Cl)CCCC43)C12. The van der Waals surface area contributed by atoms with Gasteiger partial charge < -0.3 is 0 Å². The average molecular weight is 691 g/mol. The van der Waals surface area contributed by atoms with Gasteiger partial charge in [0.2, 0.25) is 0 Å². The Hall–Kier alpha value is 0.840. The highest BCUT2D eigenvalue weighted by molar-refractivity contribution is 6.21. The third kappa shape index (κ3) is 5.14. The highest BCUT2D eigenvalue weighted by Gasteiger charge is 2.57. The first-order chi connectivity index (χ1) is 21.4. The van der Waals surface area contributed by atoms with Gasteiger partial charge in [0.15, 0.2) is 0 Å². The van der Waals surface area contributed by atoms with Crippen molar-refractivity contribution >= 4 is 46.4 Å². The fraction of sp³-hybridized carbons (Fsp3) is 1.00. The van der Waals surface area contributed by atoms with Crippen molar-refractivity contribution in [3.05, 3.63) is 0 Å². The number of rotatable bonds is 0. The van der Waals surface area contributed by atoms with E-state index in [9.17, 15) is 0 Å². The molecule has 5 saturated heterocycles. The molecule has 8 N–H and O–H groups in total. The molecule has 9 rings (SSSR count). The molecule has 5 heterocycles. The lowest BCUT2D eigenvalue weighted by molar-refractivity contribution is 0.172. The summed E-state index contributed by atoms with van der Waals surface area (Å²) in [6, 6.07) is 0. The lowest BCUT2D eigenvalue weighted by Crippen LogP contribution is -2.62. The molecule has 0 spiro atoms. The summed E-state index contributed by atoms with van der Waals surface area (Å²) in [6.07, 6.45) is 15.3. The van der Waals surface area contributed by atoms with Gasteiger partial charge in [0, 0.05) is 45.2 Å².